The van der Waals surface area contributed by atoms with E-state index in [9.17, 15) is 9.90 Å². The summed E-state index contributed by atoms with van der Waals surface area (Å²) < 4.78 is 10.9. The molecule has 1 aromatic carbocycles. The normalized spacial score (nSPS) is 33.2. The van der Waals surface area contributed by atoms with Crippen molar-refractivity contribution in [3.05, 3.63) is 34.9 Å². The summed E-state index contributed by atoms with van der Waals surface area (Å²) >= 11 is 5.78. The zero-order valence-corrected chi connectivity index (χ0v) is 10.8. The third-order valence-corrected chi connectivity index (χ3v) is 3.70. The predicted molar refractivity (Wildman–Crippen MR) is 68.2 cm³/mol. The summed E-state index contributed by atoms with van der Waals surface area (Å²) in [5, 5.41) is 13.1. The molecule has 2 aliphatic heterocycles. The smallest absolute Gasteiger partial charge is 0.251 e. The summed E-state index contributed by atoms with van der Waals surface area (Å²) in [7, 11) is 0. The van der Waals surface area contributed by atoms with E-state index in [0.29, 0.717) is 17.2 Å². The van der Waals surface area contributed by atoms with Crippen molar-refractivity contribution in [1.82, 2.24) is 5.32 Å². The highest BCUT2D eigenvalue weighted by Gasteiger charge is 2.47. The lowest BCUT2D eigenvalue weighted by Crippen LogP contribution is -2.44. The van der Waals surface area contributed by atoms with E-state index < -0.39 is 6.10 Å². The van der Waals surface area contributed by atoms with Crippen LogP contribution < -0.4 is 5.32 Å². The van der Waals surface area contributed by atoms with Crippen molar-refractivity contribution in [1.29, 1.82) is 0 Å². The summed E-state index contributed by atoms with van der Waals surface area (Å²) in [4.78, 5) is 12.1. The Balaban J connectivity index is 1.66. The van der Waals surface area contributed by atoms with Crippen LogP contribution in [0.5, 0.6) is 0 Å². The lowest BCUT2D eigenvalue weighted by atomic mass is 10.1. The number of hydrogen-bond acceptors (Lipinski definition) is 4. The van der Waals surface area contributed by atoms with Gasteiger partial charge in [0.2, 0.25) is 0 Å². The second-order valence-corrected chi connectivity index (χ2v) is 5.19. The standard InChI is InChI=1S/C13H14ClNO4/c14-8-3-1-7(2-4-8)13(17)15-9-5-18-12-10(16)6-19-11(9)12/h1-4,9-12,16H,5-6H2,(H,15,17)/t9-,10+,11+,12+/m0/s1. The average molecular weight is 284 g/mol. The third kappa shape index (κ3) is 2.47. The van der Waals surface area contributed by atoms with E-state index in [1.165, 1.54) is 0 Å². The topological polar surface area (TPSA) is 67.8 Å². The van der Waals surface area contributed by atoms with Gasteiger partial charge in [-0.25, -0.2) is 0 Å². The van der Waals surface area contributed by atoms with Crippen molar-refractivity contribution in [2.45, 2.75) is 24.4 Å². The van der Waals surface area contributed by atoms with Gasteiger partial charge in [-0.15, -0.1) is 0 Å². The Kier molecular flexibility index (Phi) is 3.45. The van der Waals surface area contributed by atoms with Crippen molar-refractivity contribution < 1.29 is 19.4 Å². The van der Waals surface area contributed by atoms with Crippen LogP contribution in [0.4, 0.5) is 0 Å². The molecular formula is C13H14ClNO4. The van der Waals surface area contributed by atoms with E-state index in [4.69, 9.17) is 21.1 Å². The number of ether oxygens (including phenoxy) is 2. The molecule has 6 heteroatoms. The summed E-state index contributed by atoms with van der Waals surface area (Å²) in [6, 6.07) is 6.43. The highest BCUT2D eigenvalue weighted by atomic mass is 35.5. The summed E-state index contributed by atoms with van der Waals surface area (Å²) in [5.74, 6) is -0.198. The summed E-state index contributed by atoms with van der Waals surface area (Å²) in [5.41, 5.74) is 0.534. The van der Waals surface area contributed by atoms with Gasteiger partial charge in [0.05, 0.1) is 19.3 Å². The maximum Gasteiger partial charge on any atom is 0.251 e. The molecule has 2 saturated heterocycles. The molecule has 0 aliphatic carbocycles. The SMILES string of the molecule is O=C(N[C@H]1CO[C@H]2[C@@H]1OC[C@H]2O)c1ccc(Cl)cc1. The van der Waals surface area contributed by atoms with Crippen LogP contribution in [0.25, 0.3) is 0 Å². The number of aliphatic hydroxyl groups is 1. The Labute approximate surface area is 115 Å². The van der Waals surface area contributed by atoms with Crippen LogP contribution in [-0.2, 0) is 9.47 Å². The number of hydrogen-bond donors (Lipinski definition) is 2. The minimum absolute atomic E-state index is 0.198. The van der Waals surface area contributed by atoms with Crippen LogP contribution in [-0.4, -0.2) is 48.6 Å². The van der Waals surface area contributed by atoms with Gasteiger partial charge in [-0.3, -0.25) is 4.79 Å². The van der Waals surface area contributed by atoms with Gasteiger partial charge in [-0.05, 0) is 24.3 Å². The number of benzene rings is 1. The zero-order chi connectivity index (χ0) is 13.4. The first-order chi connectivity index (χ1) is 9.15. The van der Waals surface area contributed by atoms with Gasteiger partial charge in [-0.1, -0.05) is 11.6 Å². The Morgan fingerprint density at radius 3 is 2.63 bits per heavy atom. The second-order valence-electron chi connectivity index (χ2n) is 4.75. The highest BCUT2D eigenvalue weighted by molar-refractivity contribution is 6.30. The van der Waals surface area contributed by atoms with Crippen LogP contribution in [0, 0.1) is 0 Å². The van der Waals surface area contributed by atoms with E-state index in [1.807, 2.05) is 0 Å². The Morgan fingerprint density at radius 1 is 1.21 bits per heavy atom. The molecule has 2 N–H and O–H groups in total. The van der Waals surface area contributed by atoms with Gasteiger partial charge in [0.1, 0.15) is 18.3 Å². The van der Waals surface area contributed by atoms with Crippen LogP contribution in [0.1, 0.15) is 10.4 Å². The average Bonchev–Trinajstić information content (AvgIpc) is 2.95. The van der Waals surface area contributed by atoms with Crippen molar-refractivity contribution >= 4 is 17.5 Å². The fourth-order valence-corrected chi connectivity index (χ4v) is 2.58. The van der Waals surface area contributed by atoms with E-state index in [1.54, 1.807) is 24.3 Å². The minimum atomic E-state index is -0.609. The number of fused-ring (bicyclic) bond motifs is 1. The maximum absolute atomic E-state index is 12.1. The molecule has 0 aromatic heterocycles. The first kappa shape index (κ1) is 12.9. The molecule has 0 bridgehead atoms. The van der Waals surface area contributed by atoms with E-state index in [2.05, 4.69) is 5.32 Å². The Morgan fingerprint density at radius 2 is 1.89 bits per heavy atom. The van der Waals surface area contributed by atoms with Gasteiger partial charge < -0.3 is 19.9 Å². The van der Waals surface area contributed by atoms with Crippen molar-refractivity contribution in [2.24, 2.45) is 0 Å². The van der Waals surface area contributed by atoms with Crippen LogP contribution in [0.3, 0.4) is 0 Å². The fourth-order valence-electron chi connectivity index (χ4n) is 2.46. The number of nitrogens with one attached hydrogen (secondary N) is 1. The lowest BCUT2D eigenvalue weighted by molar-refractivity contribution is 0.0178. The van der Waals surface area contributed by atoms with E-state index in [-0.39, 0.29) is 30.8 Å². The molecule has 0 unspecified atom stereocenters. The molecule has 2 aliphatic rings. The number of aliphatic hydroxyl groups excluding tert-OH is 1. The Hall–Kier alpha value is -1.14. The van der Waals surface area contributed by atoms with Gasteiger partial charge in [-0.2, -0.15) is 0 Å². The summed E-state index contributed by atoms with van der Waals surface area (Å²) in [6.45, 7) is 0.606. The molecule has 0 saturated carbocycles. The molecule has 3 rings (SSSR count). The number of carbonyl (C=O) groups is 1. The van der Waals surface area contributed by atoms with E-state index in [0.717, 1.165) is 0 Å². The number of amides is 1. The van der Waals surface area contributed by atoms with Gasteiger partial charge in [0.25, 0.3) is 5.91 Å². The number of halogens is 1. The van der Waals surface area contributed by atoms with Crippen molar-refractivity contribution in [3.63, 3.8) is 0 Å². The molecule has 2 heterocycles. The first-order valence-electron chi connectivity index (χ1n) is 6.13. The van der Waals surface area contributed by atoms with Crippen LogP contribution >= 0.6 is 11.6 Å². The molecule has 4 atom stereocenters. The Bertz CT molecular complexity index is 478. The fraction of sp³-hybridized carbons (Fsp3) is 0.462. The molecule has 102 valence electrons. The number of rotatable bonds is 2. The number of carbonyl (C=O) groups excluding carboxylic acids is 1. The van der Waals surface area contributed by atoms with Crippen molar-refractivity contribution in [2.75, 3.05) is 13.2 Å². The van der Waals surface area contributed by atoms with Crippen LogP contribution in [0.15, 0.2) is 24.3 Å². The minimum Gasteiger partial charge on any atom is -0.388 e. The van der Waals surface area contributed by atoms with Gasteiger partial charge in [0, 0.05) is 10.6 Å². The lowest BCUT2D eigenvalue weighted by Gasteiger charge is -2.17. The maximum atomic E-state index is 12.1. The molecule has 0 radical (unpaired) electrons. The molecule has 2 fully saturated rings. The predicted octanol–water partition coefficient (Wildman–Crippen LogP) is 0.597. The third-order valence-electron chi connectivity index (χ3n) is 3.45. The second kappa shape index (κ2) is 5.09. The first-order valence-corrected chi connectivity index (χ1v) is 6.50. The zero-order valence-electron chi connectivity index (χ0n) is 10.1. The summed E-state index contributed by atoms with van der Waals surface area (Å²) in [6.07, 6.45) is -1.22. The quantitative estimate of drug-likeness (QED) is 0.834. The van der Waals surface area contributed by atoms with E-state index >= 15 is 0 Å². The van der Waals surface area contributed by atoms with Crippen molar-refractivity contribution in [3.8, 4) is 0 Å². The molecule has 1 aromatic rings. The largest absolute Gasteiger partial charge is 0.388 e. The monoisotopic (exact) mass is 283 g/mol. The molecule has 19 heavy (non-hydrogen) atoms. The van der Waals surface area contributed by atoms with Crippen LogP contribution in [0.2, 0.25) is 5.02 Å². The molecular weight excluding hydrogens is 270 g/mol. The molecule has 0 spiro atoms. The molecule has 1 amide bonds. The van der Waals surface area contributed by atoms with Gasteiger partial charge >= 0.3 is 0 Å². The highest BCUT2D eigenvalue weighted by Crippen LogP contribution is 2.27. The molecule has 5 nitrogen and oxygen atoms in total. The van der Waals surface area contributed by atoms with Gasteiger partial charge in [0.15, 0.2) is 0 Å².